The molecule has 1 aliphatic rings. The van der Waals surface area contributed by atoms with Gasteiger partial charge in [-0.25, -0.2) is 0 Å². The van der Waals surface area contributed by atoms with Crippen LogP contribution in [0, 0.1) is 5.92 Å². The highest BCUT2D eigenvalue weighted by molar-refractivity contribution is 7.00. The highest BCUT2D eigenvalue weighted by Gasteiger charge is 2.31. The maximum absolute atomic E-state index is 12.5. The lowest BCUT2D eigenvalue weighted by Crippen LogP contribution is -2.56. The van der Waals surface area contributed by atoms with Crippen LogP contribution in [0.25, 0.3) is 11.0 Å². The number of hydrogen-bond acceptors (Lipinski definition) is 5. The van der Waals surface area contributed by atoms with E-state index in [1.807, 2.05) is 17.9 Å². The summed E-state index contributed by atoms with van der Waals surface area (Å²) in [6.45, 7) is 9.71. The van der Waals surface area contributed by atoms with Crippen LogP contribution in [0.15, 0.2) is 18.2 Å². The van der Waals surface area contributed by atoms with Crippen LogP contribution >= 0.6 is 11.7 Å². The van der Waals surface area contributed by atoms with Crippen LogP contribution in [0.4, 0.5) is 0 Å². The first-order chi connectivity index (χ1) is 10.5. The third kappa shape index (κ3) is 3.13. The molecular formula is C16H22N4OS. The fourth-order valence-corrected chi connectivity index (χ4v) is 3.49. The van der Waals surface area contributed by atoms with Crippen LogP contribution in [-0.2, 0) is 11.3 Å². The first kappa shape index (κ1) is 15.4. The standard InChI is InChI=1S/C16H22N4OS/c1-11(2)9-20-7-6-19(12(3)16(20)21)10-13-4-5-14-15(8-13)18-22-17-14/h4-5,8,11-12H,6-7,9-10H2,1-3H3/t12-/m0/s1. The molecule has 0 bridgehead atoms. The smallest absolute Gasteiger partial charge is 0.239 e. The third-order valence-corrected chi connectivity index (χ3v) is 4.72. The van der Waals surface area contributed by atoms with Crippen LogP contribution in [-0.4, -0.2) is 50.1 Å². The molecule has 6 heteroatoms. The summed E-state index contributed by atoms with van der Waals surface area (Å²) in [5.74, 6) is 0.763. The first-order valence-corrected chi connectivity index (χ1v) is 8.51. The van der Waals surface area contributed by atoms with E-state index in [4.69, 9.17) is 0 Å². The van der Waals surface area contributed by atoms with E-state index in [-0.39, 0.29) is 11.9 Å². The van der Waals surface area contributed by atoms with Crippen molar-refractivity contribution in [2.24, 2.45) is 5.92 Å². The third-order valence-electron chi connectivity index (χ3n) is 4.16. The van der Waals surface area contributed by atoms with Crippen LogP contribution in [0.5, 0.6) is 0 Å². The maximum Gasteiger partial charge on any atom is 0.239 e. The minimum absolute atomic E-state index is 0.0586. The first-order valence-electron chi connectivity index (χ1n) is 7.78. The van der Waals surface area contributed by atoms with Gasteiger partial charge < -0.3 is 4.90 Å². The van der Waals surface area contributed by atoms with Crippen molar-refractivity contribution < 1.29 is 4.79 Å². The highest BCUT2D eigenvalue weighted by Crippen LogP contribution is 2.19. The number of nitrogens with zero attached hydrogens (tertiary/aromatic N) is 4. The summed E-state index contributed by atoms with van der Waals surface area (Å²) in [4.78, 5) is 16.7. The van der Waals surface area contributed by atoms with E-state index in [0.29, 0.717) is 5.92 Å². The number of hydrogen-bond donors (Lipinski definition) is 0. The van der Waals surface area contributed by atoms with Gasteiger partial charge in [-0.2, -0.15) is 8.75 Å². The van der Waals surface area contributed by atoms with Crippen LogP contribution in [0.1, 0.15) is 26.3 Å². The van der Waals surface area contributed by atoms with E-state index < -0.39 is 0 Å². The lowest BCUT2D eigenvalue weighted by molar-refractivity contribution is -0.141. The molecule has 2 heterocycles. The molecule has 1 aromatic heterocycles. The second kappa shape index (κ2) is 6.30. The van der Waals surface area contributed by atoms with E-state index in [0.717, 1.165) is 37.2 Å². The van der Waals surface area contributed by atoms with E-state index in [1.54, 1.807) is 0 Å². The summed E-state index contributed by atoms with van der Waals surface area (Å²) in [6.07, 6.45) is 0. The topological polar surface area (TPSA) is 49.3 Å². The zero-order valence-electron chi connectivity index (χ0n) is 13.3. The minimum Gasteiger partial charge on any atom is -0.340 e. The maximum atomic E-state index is 12.5. The number of rotatable bonds is 4. The Kier molecular flexibility index (Phi) is 4.40. The Morgan fingerprint density at radius 1 is 1.27 bits per heavy atom. The second-order valence-corrected chi connectivity index (χ2v) is 6.94. The van der Waals surface area contributed by atoms with Crippen molar-refractivity contribution in [2.75, 3.05) is 19.6 Å². The van der Waals surface area contributed by atoms with E-state index in [2.05, 4.69) is 39.6 Å². The fourth-order valence-electron chi connectivity index (χ4n) is 2.97. The summed E-state index contributed by atoms with van der Waals surface area (Å²) in [7, 11) is 0. The Morgan fingerprint density at radius 3 is 2.82 bits per heavy atom. The molecule has 1 aromatic carbocycles. The molecule has 3 rings (SSSR count). The largest absolute Gasteiger partial charge is 0.340 e. The van der Waals surface area contributed by atoms with Gasteiger partial charge in [0.25, 0.3) is 0 Å². The molecule has 1 saturated heterocycles. The van der Waals surface area contributed by atoms with Crippen molar-refractivity contribution in [3.63, 3.8) is 0 Å². The number of carbonyl (C=O) groups is 1. The minimum atomic E-state index is -0.0586. The van der Waals surface area contributed by atoms with Crippen molar-refractivity contribution in [1.82, 2.24) is 18.5 Å². The summed E-state index contributed by atoms with van der Waals surface area (Å²) in [5, 5.41) is 0. The van der Waals surface area contributed by atoms with E-state index >= 15 is 0 Å². The predicted molar refractivity (Wildman–Crippen MR) is 88.7 cm³/mol. The fraction of sp³-hybridized carbons (Fsp3) is 0.562. The molecule has 5 nitrogen and oxygen atoms in total. The SMILES string of the molecule is CC(C)CN1CCN(Cc2ccc3nsnc3c2)[C@@H](C)C1=O. The van der Waals surface area contributed by atoms with E-state index in [9.17, 15) is 4.79 Å². The van der Waals surface area contributed by atoms with Crippen molar-refractivity contribution >= 4 is 28.7 Å². The molecular weight excluding hydrogens is 296 g/mol. The summed E-state index contributed by atoms with van der Waals surface area (Å²) in [5.41, 5.74) is 3.08. The molecule has 22 heavy (non-hydrogen) atoms. The van der Waals surface area contributed by atoms with Gasteiger partial charge in [0.15, 0.2) is 0 Å². The van der Waals surface area contributed by atoms with Gasteiger partial charge in [0.1, 0.15) is 11.0 Å². The zero-order chi connectivity index (χ0) is 15.7. The summed E-state index contributed by atoms with van der Waals surface area (Å²) >= 11 is 1.24. The van der Waals surface area contributed by atoms with Gasteiger partial charge in [-0.05, 0) is 30.5 Å². The van der Waals surface area contributed by atoms with Crippen molar-refractivity contribution in [3.8, 4) is 0 Å². The molecule has 0 aliphatic carbocycles. The number of carbonyl (C=O) groups excluding carboxylic acids is 1. The second-order valence-electron chi connectivity index (χ2n) is 6.41. The average Bonchev–Trinajstić information content (AvgIpc) is 2.94. The lowest BCUT2D eigenvalue weighted by Gasteiger charge is -2.39. The van der Waals surface area contributed by atoms with Crippen molar-refractivity contribution in [2.45, 2.75) is 33.4 Å². The van der Waals surface area contributed by atoms with Crippen molar-refractivity contribution in [1.29, 1.82) is 0 Å². The highest BCUT2D eigenvalue weighted by atomic mass is 32.1. The molecule has 1 fully saturated rings. The summed E-state index contributed by atoms with van der Waals surface area (Å²) in [6, 6.07) is 6.12. The Labute approximate surface area is 135 Å². The molecule has 1 amide bonds. The number of fused-ring (bicyclic) bond motifs is 1. The average molecular weight is 318 g/mol. The molecule has 1 atom stereocenters. The molecule has 0 radical (unpaired) electrons. The van der Waals surface area contributed by atoms with Crippen LogP contribution in [0.3, 0.4) is 0 Å². The number of aromatic nitrogens is 2. The number of piperazine rings is 1. The van der Waals surface area contributed by atoms with Gasteiger partial charge in [0.2, 0.25) is 5.91 Å². The van der Waals surface area contributed by atoms with Crippen LogP contribution in [0.2, 0.25) is 0 Å². The van der Waals surface area contributed by atoms with E-state index in [1.165, 1.54) is 17.3 Å². The zero-order valence-corrected chi connectivity index (χ0v) is 14.1. The lowest BCUT2D eigenvalue weighted by atomic mass is 10.1. The number of amides is 1. The molecule has 1 aliphatic heterocycles. The van der Waals surface area contributed by atoms with Gasteiger partial charge in [0, 0.05) is 26.2 Å². The monoisotopic (exact) mass is 318 g/mol. The molecule has 2 aromatic rings. The van der Waals surface area contributed by atoms with Gasteiger partial charge in [-0.15, -0.1) is 0 Å². The predicted octanol–water partition coefficient (Wildman–Crippen LogP) is 2.38. The summed E-state index contributed by atoms with van der Waals surface area (Å²) < 4.78 is 8.52. The van der Waals surface area contributed by atoms with Gasteiger partial charge in [-0.3, -0.25) is 9.69 Å². The normalized spacial score (nSPS) is 20.3. The molecule has 0 N–H and O–H groups in total. The Morgan fingerprint density at radius 2 is 2.05 bits per heavy atom. The Balaban J connectivity index is 1.69. The van der Waals surface area contributed by atoms with Gasteiger partial charge in [-0.1, -0.05) is 19.9 Å². The molecule has 0 unspecified atom stereocenters. The van der Waals surface area contributed by atoms with Gasteiger partial charge >= 0.3 is 0 Å². The van der Waals surface area contributed by atoms with Gasteiger partial charge in [0.05, 0.1) is 17.8 Å². The quantitative estimate of drug-likeness (QED) is 0.868. The Bertz CT molecular complexity index is 669. The molecule has 0 spiro atoms. The van der Waals surface area contributed by atoms with Crippen LogP contribution < -0.4 is 0 Å². The van der Waals surface area contributed by atoms with Crippen molar-refractivity contribution in [3.05, 3.63) is 23.8 Å². The Hall–Kier alpha value is -1.53. The number of benzene rings is 1. The molecule has 0 saturated carbocycles. The molecule has 118 valence electrons.